The largest absolute Gasteiger partial charge is 0.384 e. The van der Waals surface area contributed by atoms with Gasteiger partial charge in [0.25, 0.3) is 0 Å². The third kappa shape index (κ3) is 4.19. The van der Waals surface area contributed by atoms with Crippen LogP contribution in [0.3, 0.4) is 0 Å². The Morgan fingerprint density at radius 2 is 2.14 bits per heavy atom. The zero-order valence-corrected chi connectivity index (χ0v) is 13.6. The maximum Gasteiger partial charge on any atom is 0.225 e. The molecule has 0 bridgehead atoms. The predicted octanol–water partition coefficient (Wildman–Crippen LogP) is 2.50. The average molecular weight is 308 g/mol. The van der Waals surface area contributed by atoms with E-state index in [4.69, 9.17) is 4.74 Å². The van der Waals surface area contributed by atoms with Gasteiger partial charge in [-0.2, -0.15) is 0 Å². The zero-order valence-electron chi connectivity index (χ0n) is 13.6. The van der Waals surface area contributed by atoms with E-state index >= 15 is 0 Å². The third-order valence-electron chi connectivity index (χ3n) is 4.15. The van der Waals surface area contributed by atoms with Crippen molar-refractivity contribution in [1.29, 1.82) is 0 Å². The summed E-state index contributed by atoms with van der Waals surface area (Å²) in [6.07, 6.45) is 1.66. The van der Waals surface area contributed by atoms with Crippen LogP contribution in [0.15, 0.2) is 18.2 Å². The maximum absolute atomic E-state index is 13.9. The molecule has 1 N–H and O–H groups in total. The van der Waals surface area contributed by atoms with Gasteiger partial charge in [-0.3, -0.25) is 4.79 Å². The number of carbonyl (C=O) groups excluding carboxylic acids is 1. The Morgan fingerprint density at radius 3 is 2.77 bits per heavy atom. The van der Waals surface area contributed by atoms with Crippen LogP contribution in [-0.2, 0) is 9.53 Å². The number of ether oxygens (including phenoxy) is 1. The highest BCUT2D eigenvalue weighted by Crippen LogP contribution is 2.24. The van der Waals surface area contributed by atoms with E-state index in [2.05, 4.69) is 10.2 Å². The number of hydrogen-bond donors (Lipinski definition) is 1. The molecule has 0 spiro atoms. The fourth-order valence-corrected chi connectivity index (χ4v) is 2.80. The van der Waals surface area contributed by atoms with Crippen molar-refractivity contribution in [2.75, 3.05) is 31.7 Å². The van der Waals surface area contributed by atoms with Crippen molar-refractivity contribution < 1.29 is 13.9 Å². The molecule has 5 heteroatoms. The molecule has 22 heavy (non-hydrogen) atoms. The van der Waals surface area contributed by atoms with Crippen LogP contribution >= 0.6 is 0 Å². The number of carbonyl (C=O) groups is 1. The van der Waals surface area contributed by atoms with Crippen molar-refractivity contribution in [3.63, 3.8) is 0 Å². The van der Waals surface area contributed by atoms with E-state index in [9.17, 15) is 9.18 Å². The standard InChI is InChI=1S/C17H25FN2O2/c1-12-4-5-15(18)16(10-12)20-8-6-14(7-9-20)19-17(21)13(2)11-22-3/h4-5,10,13-14H,6-9,11H2,1-3H3,(H,19,21). The molecule has 0 radical (unpaired) electrons. The molecule has 1 amide bonds. The molecular formula is C17H25FN2O2. The van der Waals surface area contributed by atoms with Crippen molar-refractivity contribution in [3.8, 4) is 0 Å². The lowest BCUT2D eigenvalue weighted by Gasteiger charge is -2.34. The molecule has 4 nitrogen and oxygen atoms in total. The second-order valence-electron chi connectivity index (χ2n) is 6.08. The van der Waals surface area contributed by atoms with Crippen LogP contribution in [0.25, 0.3) is 0 Å². The molecule has 0 aliphatic carbocycles. The first-order chi connectivity index (χ1) is 10.5. The van der Waals surface area contributed by atoms with Crippen molar-refractivity contribution in [2.24, 2.45) is 5.92 Å². The Balaban J connectivity index is 1.88. The molecule has 2 rings (SSSR count). The van der Waals surface area contributed by atoms with E-state index in [1.807, 2.05) is 19.9 Å². The fourth-order valence-electron chi connectivity index (χ4n) is 2.80. The van der Waals surface area contributed by atoms with Crippen LogP contribution < -0.4 is 10.2 Å². The van der Waals surface area contributed by atoms with Gasteiger partial charge in [0.2, 0.25) is 5.91 Å². The Hall–Kier alpha value is -1.62. The second-order valence-corrected chi connectivity index (χ2v) is 6.08. The van der Waals surface area contributed by atoms with Crippen LogP contribution in [0.4, 0.5) is 10.1 Å². The number of amides is 1. The van der Waals surface area contributed by atoms with Gasteiger partial charge in [0.05, 0.1) is 18.2 Å². The molecule has 1 aliphatic heterocycles. The number of aryl methyl sites for hydroxylation is 1. The molecule has 1 aromatic rings. The molecule has 1 aromatic carbocycles. The Kier molecular flexibility index (Phi) is 5.77. The highest BCUT2D eigenvalue weighted by molar-refractivity contribution is 5.78. The Labute approximate surface area is 131 Å². The summed E-state index contributed by atoms with van der Waals surface area (Å²) < 4.78 is 18.9. The molecule has 1 atom stereocenters. The first-order valence-corrected chi connectivity index (χ1v) is 7.81. The Bertz CT molecular complexity index is 513. The lowest BCUT2D eigenvalue weighted by molar-refractivity contribution is -0.126. The van der Waals surface area contributed by atoms with Crippen LogP contribution in [-0.4, -0.2) is 38.8 Å². The molecule has 1 heterocycles. The van der Waals surface area contributed by atoms with Gasteiger partial charge < -0.3 is 15.0 Å². The number of nitrogens with one attached hydrogen (secondary N) is 1. The molecule has 0 saturated carbocycles. The van der Waals surface area contributed by atoms with E-state index in [-0.39, 0.29) is 23.7 Å². The SMILES string of the molecule is COCC(C)C(=O)NC1CCN(c2cc(C)ccc2F)CC1. The first kappa shape index (κ1) is 16.7. The van der Waals surface area contributed by atoms with E-state index in [0.717, 1.165) is 31.5 Å². The van der Waals surface area contributed by atoms with E-state index in [0.29, 0.717) is 12.3 Å². The van der Waals surface area contributed by atoms with Gasteiger partial charge in [0.15, 0.2) is 0 Å². The lowest BCUT2D eigenvalue weighted by Crippen LogP contribution is -2.46. The van der Waals surface area contributed by atoms with Gasteiger partial charge in [-0.15, -0.1) is 0 Å². The van der Waals surface area contributed by atoms with Crippen molar-refractivity contribution >= 4 is 11.6 Å². The molecule has 122 valence electrons. The summed E-state index contributed by atoms with van der Waals surface area (Å²) in [5.41, 5.74) is 1.72. The van der Waals surface area contributed by atoms with Crippen molar-refractivity contribution in [1.82, 2.24) is 5.32 Å². The van der Waals surface area contributed by atoms with Gasteiger partial charge in [-0.1, -0.05) is 13.0 Å². The predicted molar refractivity (Wildman–Crippen MR) is 85.6 cm³/mol. The van der Waals surface area contributed by atoms with Crippen molar-refractivity contribution in [2.45, 2.75) is 32.7 Å². The summed E-state index contributed by atoms with van der Waals surface area (Å²) in [6, 6.07) is 5.35. The zero-order chi connectivity index (χ0) is 16.1. The quantitative estimate of drug-likeness (QED) is 0.909. The van der Waals surface area contributed by atoms with Crippen LogP contribution in [0.2, 0.25) is 0 Å². The number of hydrogen-bond acceptors (Lipinski definition) is 3. The number of nitrogens with zero attached hydrogens (tertiary/aromatic N) is 1. The van der Waals surface area contributed by atoms with Crippen LogP contribution in [0.1, 0.15) is 25.3 Å². The van der Waals surface area contributed by atoms with Gasteiger partial charge in [-0.25, -0.2) is 4.39 Å². The van der Waals surface area contributed by atoms with Crippen LogP contribution in [0.5, 0.6) is 0 Å². The summed E-state index contributed by atoms with van der Waals surface area (Å²) in [6.45, 7) is 5.76. The average Bonchev–Trinajstić information content (AvgIpc) is 2.51. The first-order valence-electron chi connectivity index (χ1n) is 7.81. The minimum Gasteiger partial charge on any atom is -0.384 e. The van der Waals surface area contributed by atoms with Gasteiger partial charge in [0, 0.05) is 26.2 Å². The third-order valence-corrected chi connectivity index (χ3v) is 4.15. The van der Waals surface area contributed by atoms with E-state index in [1.165, 1.54) is 6.07 Å². The number of benzene rings is 1. The van der Waals surface area contributed by atoms with E-state index in [1.54, 1.807) is 13.2 Å². The van der Waals surface area contributed by atoms with Gasteiger partial charge in [0.1, 0.15) is 5.82 Å². The molecule has 1 unspecified atom stereocenters. The number of anilines is 1. The molecule has 1 aliphatic rings. The summed E-state index contributed by atoms with van der Waals surface area (Å²) in [4.78, 5) is 14.0. The highest BCUT2D eigenvalue weighted by Gasteiger charge is 2.24. The smallest absolute Gasteiger partial charge is 0.225 e. The lowest BCUT2D eigenvalue weighted by atomic mass is 10.0. The normalized spacial score (nSPS) is 17.4. The minimum absolute atomic E-state index is 0.0297. The molecule has 1 saturated heterocycles. The topological polar surface area (TPSA) is 41.6 Å². The monoisotopic (exact) mass is 308 g/mol. The second kappa shape index (κ2) is 7.58. The highest BCUT2D eigenvalue weighted by atomic mass is 19.1. The number of piperidine rings is 1. The maximum atomic E-state index is 13.9. The minimum atomic E-state index is -0.179. The van der Waals surface area contributed by atoms with Gasteiger partial charge in [-0.05, 0) is 37.5 Å². The fraction of sp³-hybridized carbons (Fsp3) is 0.588. The molecular weight excluding hydrogens is 283 g/mol. The summed E-state index contributed by atoms with van der Waals surface area (Å²) in [5.74, 6) is -0.291. The number of methoxy groups -OCH3 is 1. The summed E-state index contributed by atoms with van der Waals surface area (Å²) >= 11 is 0. The van der Waals surface area contributed by atoms with Crippen LogP contribution in [0, 0.1) is 18.7 Å². The number of halogens is 1. The summed E-state index contributed by atoms with van der Waals surface area (Å²) in [7, 11) is 1.60. The molecule has 1 fully saturated rings. The number of rotatable bonds is 5. The summed E-state index contributed by atoms with van der Waals surface area (Å²) in [5, 5.41) is 3.06. The molecule has 0 aromatic heterocycles. The van der Waals surface area contributed by atoms with E-state index < -0.39 is 0 Å². The van der Waals surface area contributed by atoms with Crippen molar-refractivity contribution in [3.05, 3.63) is 29.6 Å². The Morgan fingerprint density at radius 1 is 1.45 bits per heavy atom. The van der Waals surface area contributed by atoms with Gasteiger partial charge >= 0.3 is 0 Å².